The SMILES string of the molecule is Cn1cc([C@H]2C[C@@H]2C(=O)c2ccc3c(c2)OCO3)c2ccccc21. The van der Waals surface area contributed by atoms with Gasteiger partial charge in [0.2, 0.25) is 6.79 Å². The van der Waals surface area contributed by atoms with E-state index in [2.05, 4.69) is 36.0 Å². The molecule has 2 aliphatic rings. The van der Waals surface area contributed by atoms with Gasteiger partial charge in [-0.05, 0) is 42.2 Å². The molecule has 1 aliphatic carbocycles. The lowest BCUT2D eigenvalue weighted by atomic mass is 10.0. The smallest absolute Gasteiger partial charge is 0.231 e. The van der Waals surface area contributed by atoms with Crippen LogP contribution in [-0.2, 0) is 7.05 Å². The molecule has 0 radical (unpaired) electrons. The van der Waals surface area contributed by atoms with E-state index in [9.17, 15) is 4.79 Å². The van der Waals surface area contributed by atoms with E-state index in [0.717, 1.165) is 6.42 Å². The van der Waals surface area contributed by atoms with Gasteiger partial charge < -0.3 is 14.0 Å². The van der Waals surface area contributed by atoms with Crippen molar-refractivity contribution in [2.75, 3.05) is 6.79 Å². The van der Waals surface area contributed by atoms with Crippen LogP contribution in [0, 0.1) is 5.92 Å². The maximum absolute atomic E-state index is 12.8. The van der Waals surface area contributed by atoms with Crippen LogP contribution < -0.4 is 9.47 Å². The van der Waals surface area contributed by atoms with Crippen molar-refractivity contribution in [3.63, 3.8) is 0 Å². The van der Waals surface area contributed by atoms with Gasteiger partial charge in [-0.1, -0.05) is 18.2 Å². The minimum Gasteiger partial charge on any atom is -0.454 e. The summed E-state index contributed by atoms with van der Waals surface area (Å²) in [5.41, 5.74) is 3.22. The number of benzene rings is 2. The third kappa shape index (κ3) is 1.96. The Morgan fingerprint density at radius 2 is 1.96 bits per heavy atom. The summed E-state index contributed by atoms with van der Waals surface area (Å²) in [6, 6.07) is 13.8. The molecule has 4 nitrogen and oxygen atoms in total. The molecular weight excluding hydrogens is 302 g/mol. The first-order valence-corrected chi connectivity index (χ1v) is 8.20. The summed E-state index contributed by atoms with van der Waals surface area (Å²) in [5, 5.41) is 1.26. The summed E-state index contributed by atoms with van der Waals surface area (Å²) in [4.78, 5) is 12.8. The molecule has 2 atom stereocenters. The van der Waals surface area contributed by atoms with Crippen molar-refractivity contribution in [2.24, 2.45) is 13.0 Å². The van der Waals surface area contributed by atoms with E-state index < -0.39 is 0 Å². The number of fused-ring (bicyclic) bond motifs is 2. The number of nitrogens with zero attached hydrogens (tertiary/aromatic N) is 1. The van der Waals surface area contributed by atoms with Crippen molar-refractivity contribution < 1.29 is 14.3 Å². The lowest BCUT2D eigenvalue weighted by molar-refractivity contribution is 0.0965. The zero-order valence-corrected chi connectivity index (χ0v) is 13.4. The molecule has 2 aromatic carbocycles. The molecule has 1 fully saturated rings. The topological polar surface area (TPSA) is 40.5 Å². The van der Waals surface area contributed by atoms with Crippen LogP contribution in [-0.4, -0.2) is 17.1 Å². The van der Waals surface area contributed by atoms with E-state index in [1.54, 1.807) is 0 Å². The van der Waals surface area contributed by atoms with Crippen LogP contribution in [0.5, 0.6) is 11.5 Å². The van der Waals surface area contributed by atoms with Crippen molar-refractivity contribution in [3.8, 4) is 11.5 Å². The normalized spacial score (nSPS) is 21.2. The third-order valence-corrected chi connectivity index (χ3v) is 5.11. The molecule has 0 unspecified atom stereocenters. The summed E-state index contributed by atoms with van der Waals surface area (Å²) in [6.07, 6.45) is 3.09. The van der Waals surface area contributed by atoms with Crippen LogP contribution in [0.2, 0.25) is 0 Å². The molecule has 1 aromatic heterocycles. The predicted molar refractivity (Wildman–Crippen MR) is 90.7 cm³/mol. The standard InChI is InChI=1S/C20H17NO3/c1-21-10-16(13-4-2-3-5-17(13)21)14-9-15(14)20(22)12-6-7-18-19(8-12)24-11-23-18/h2-8,10,14-15H,9,11H2,1H3/t14-,15-/m0/s1. The van der Waals surface area contributed by atoms with Gasteiger partial charge in [0.05, 0.1) is 0 Å². The number of carbonyl (C=O) groups excluding carboxylic acids is 1. The Balaban J connectivity index is 1.44. The van der Waals surface area contributed by atoms with Gasteiger partial charge in [-0.15, -0.1) is 0 Å². The summed E-state index contributed by atoms with van der Waals surface area (Å²) in [6.45, 7) is 0.231. The molecule has 0 bridgehead atoms. The Morgan fingerprint density at radius 1 is 1.12 bits per heavy atom. The fourth-order valence-corrected chi connectivity index (χ4v) is 3.76. The highest BCUT2D eigenvalue weighted by Gasteiger charge is 2.45. The quantitative estimate of drug-likeness (QED) is 0.688. The maximum Gasteiger partial charge on any atom is 0.231 e. The molecule has 3 aromatic rings. The van der Waals surface area contributed by atoms with Crippen molar-refractivity contribution >= 4 is 16.7 Å². The van der Waals surface area contributed by atoms with E-state index in [0.29, 0.717) is 23.0 Å². The van der Waals surface area contributed by atoms with Gasteiger partial charge in [0.1, 0.15) is 0 Å². The highest BCUT2D eigenvalue weighted by atomic mass is 16.7. The number of para-hydroxylation sites is 1. The Kier molecular flexibility index (Phi) is 2.77. The Bertz CT molecular complexity index is 972. The molecule has 5 rings (SSSR count). The number of hydrogen-bond acceptors (Lipinski definition) is 3. The second-order valence-electron chi connectivity index (χ2n) is 6.59. The number of rotatable bonds is 3. The van der Waals surface area contributed by atoms with Crippen molar-refractivity contribution in [2.45, 2.75) is 12.3 Å². The van der Waals surface area contributed by atoms with Crippen LogP contribution in [0.1, 0.15) is 28.3 Å². The van der Waals surface area contributed by atoms with Crippen LogP contribution in [0.3, 0.4) is 0 Å². The van der Waals surface area contributed by atoms with Crippen LogP contribution in [0.15, 0.2) is 48.7 Å². The summed E-state index contributed by atoms with van der Waals surface area (Å²) in [5.74, 6) is 1.97. The molecule has 24 heavy (non-hydrogen) atoms. The van der Waals surface area contributed by atoms with Crippen molar-refractivity contribution in [3.05, 3.63) is 59.8 Å². The number of hydrogen-bond donors (Lipinski definition) is 0. The molecule has 1 aliphatic heterocycles. The fourth-order valence-electron chi connectivity index (χ4n) is 3.76. The summed E-state index contributed by atoms with van der Waals surface area (Å²) < 4.78 is 12.8. The molecule has 4 heteroatoms. The summed E-state index contributed by atoms with van der Waals surface area (Å²) in [7, 11) is 2.06. The second kappa shape index (κ2) is 4.87. The van der Waals surface area contributed by atoms with Gasteiger partial charge >= 0.3 is 0 Å². The lowest BCUT2D eigenvalue weighted by Crippen LogP contribution is -2.03. The first kappa shape index (κ1) is 13.7. The monoisotopic (exact) mass is 319 g/mol. The highest BCUT2D eigenvalue weighted by molar-refractivity contribution is 6.01. The van der Waals surface area contributed by atoms with Gasteiger partial charge in [0, 0.05) is 35.6 Å². The molecular formula is C20H17NO3. The van der Waals surface area contributed by atoms with Gasteiger partial charge in [0.15, 0.2) is 17.3 Å². The van der Waals surface area contributed by atoms with E-state index in [1.165, 1.54) is 16.5 Å². The average molecular weight is 319 g/mol. The zero-order chi connectivity index (χ0) is 16.3. The third-order valence-electron chi connectivity index (χ3n) is 5.11. The maximum atomic E-state index is 12.8. The predicted octanol–water partition coefficient (Wildman–Crippen LogP) is 3.89. The fraction of sp³-hybridized carbons (Fsp3) is 0.250. The number of Topliss-reactive ketones (excluding diaryl/α,β-unsaturated/α-hetero) is 1. The van der Waals surface area contributed by atoms with E-state index in [1.807, 2.05) is 24.3 Å². The van der Waals surface area contributed by atoms with Crippen molar-refractivity contribution in [1.29, 1.82) is 0 Å². The van der Waals surface area contributed by atoms with Gasteiger partial charge in [-0.3, -0.25) is 4.79 Å². The van der Waals surface area contributed by atoms with E-state index in [4.69, 9.17) is 9.47 Å². The largest absolute Gasteiger partial charge is 0.454 e. The van der Waals surface area contributed by atoms with Crippen molar-refractivity contribution in [1.82, 2.24) is 4.57 Å². The summed E-state index contributed by atoms with van der Waals surface area (Å²) >= 11 is 0. The zero-order valence-electron chi connectivity index (χ0n) is 13.4. The average Bonchev–Trinajstić information content (AvgIpc) is 3.13. The first-order valence-electron chi connectivity index (χ1n) is 8.20. The molecule has 0 N–H and O–H groups in total. The van der Waals surface area contributed by atoms with Crippen LogP contribution >= 0.6 is 0 Å². The second-order valence-corrected chi connectivity index (χ2v) is 6.59. The van der Waals surface area contributed by atoms with E-state index in [-0.39, 0.29) is 18.5 Å². The lowest BCUT2D eigenvalue weighted by Gasteiger charge is -2.02. The molecule has 2 heterocycles. The number of ketones is 1. The minimum absolute atomic E-state index is 0.0659. The van der Waals surface area contributed by atoms with Crippen LogP contribution in [0.25, 0.3) is 10.9 Å². The van der Waals surface area contributed by atoms with Gasteiger partial charge in [-0.2, -0.15) is 0 Å². The molecule has 120 valence electrons. The van der Waals surface area contributed by atoms with Gasteiger partial charge in [-0.25, -0.2) is 0 Å². The Morgan fingerprint density at radius 3 is 2.88 bits per heavy atom. The number of carbonyl (C=O) groups is 1. The first-order chi connectivity index (χ1) is 11.7. The molecule has 0 amide bonds. The molecule has 0 spiro atoms. The van der Waals surface area contributed by atoms with Gasteiger partial charge in [0.25, 0.3) is 0 Å². The number of aromatic nitrogens is 1. The molecule has 0 saturated heterocycles. The highest BCUT2D eigenvalue weighted by Crippen LogP contribution is 2.51. The Labute approximate surface area is 139 Å². The number of aryl methyl sites for hydroxylation is 1. The number of ether oxygens (including phenoxy) is 2. The van der Waals surface area contributed by atoms with E-state index >= 15 is 0 Å². The molecule has 1 saturated carbocycles. The Hall–Kier alpha value is -2.75. The van der Waals surface area contributed by atoms with Crippen LogP contribution in [0.4, 0.5) is 0 Å². The minimum atomic E-state index is 0.0659.